The molecule has 1 aliphatic rings. The lowest BCUT2D eigenvalue weighted by molar-refractivity contribution is -0.175. The Labute approximate surface area is 108 Å². The Morgan fingerprint density at radius 3 is 2.22 bits per heavy atom. The molecule has 3 heteroatoms. The number of hydrogen-bond acceptors (Lipinski definition) is 3. The Hall–Kier alpha value is -1.35. The third kappa shape index (κ3) is 1.93. The quantitative estimate of drug-likeness (QED) is 0.832. The Balaban J connectivity index is 2.29. The van der Waals surface area contributed by atoms with Crippen molar-refractivity contribution in [2.75, 3.05) is 7.11 Å². The first-order chi connectivity index (χ1) is 8.50. The molecule has 3 nitrogen and oxygen atoms in total. The normalized spacial score (nSPS) is 18.5. The maximum atomic E-state index is 11.9. The number of carbonyl (C=O) groups is 1. The molecule has 0 aliphatic heterocycles. The monoisotopic (exact) mass is 248 g/mol. The predicted molar refractivity (Wildman–Crippen MR) is 69.1 cm³/mol. The van der Waals surface area contributed by atoms with E-state index in [0.717, 1.165) is 12.8 Å². The summed E-state index contributed by atoms with van der Waals surface area (Å²) in [5.74, 6) is -0.776. The lowest BCUT2D eigenvalue weighted by atomic mass is 9.77. The van der Waals surface area contributed by atoms with E-state index in [0.29, 0.717) is 0 Å². The van der Waals surface area contributed by atoms with Crippen molar-refractivity contribution in [2.24, 2.45) is 11.8 Å². The van der Waals surface area contributed by atoms with Gasteiger partial charge in [-0.15, -0.1) is 0 Å². The summed E-state index contributed by atoms with van der Waals surface area (Å²) < 4.78 is 4.80. The van der Waals surface area contributed by atoms with Crippen LogP contribution >= 0.6 is 0 Å². The van der Waals surface area contributed by atoms with E-state index in [9.17, 15) is 9.90 Å². The molecule has 0 amide bonds. The van der Waals surface area contributed by atoms with Gasteiger partial charge in [0.25, 0.3) is 0 Å². The minimum absolute atomic E-state index is 0.0950. The molecule has 2 rings (SSSR count). The summed E-state index contributed by atoms with van der Waals surface area (Å²) in [7, 11) is 1.33. The van der Waals surface area contributed by atoms with E-state index in [1.807, 2.05) is 26.0 Å². The molecule has 0 saturated heterocycles. The van der Waals surface area contributed by atoms with Crippen molar-refractivity contribution in [3.8, 4) is 0 Å². The summed E-state index contributed by atoms with van der Waals surface area (Å²) in [6, 6.07) is 8.11. The number of ether oxygens (including phenoxy) is 1. The average molecular weight is 248 g/mol. The van der Waals surface area contributed by atoms with Gasteiger partial charge < -0.3 is 9.84 Å². The van der Waals surface area contributed by atoms with Crippen LogP contribution in [-0.4, -0.2) is 23.8 Å². The number of esters is 1. The molecule has 18 heavy (non-hydrogen) atoms. The van der Waals surface area contributed by atoms with E-state index in [1.54, 1.807) is 0 Å². The number of methoxy groups -OCH3 is 1. The third-order valence-electron chi connectivity index (χ3n) is 4.07. The van der Waals surface area contributed by atoms with E-state index < -0.39 is 11.6 Å². The van der Waals surface area contributed by atoms with Gasteiger partial charge in [-0.2, -0.15) is 0 Å². The van der Waals surface area contributed by atoms with E-state index in [1.165, 1.54) is 18.2 Å². The second-order valence-electron chi connectivity index (χ2n) is 5.35. The standard InChI is InChI=1S/C15H20O3/c1-10(2)15(17,14(16)18-3)13-8-11-6-4-5-7-12(11)9-13/h4-7,10,13,17H,8-9H2,1-3H3. The molecule has 0 radical (unpaired) electrons. The van der Waals surface area contributed by atoms with Gasteiger partial charge >= 0.3 is 5.97 Å². The van der Waals surface area contributed by atoms with Gasteiger partial charge in [-0.05, 0) is 29.9 Å². The van der Waals surface area contributed by atoms with E-state index in [2.05, 4.69) is 12.1 Å². The van der Waals surface area contributed by atoms with Gasteiger partial charge in [-0.3, -0.25) is 0 Å². The molecule has 0 fully saturated rings. The van der Waals surface area contributed by atoms with Crippen LogP contribution in [0.5, 0.6) is 0 Å². The summed E-state index contributed by atoms with van der Waals surface area (Å²) in [6.45, 7) is 3.72. The van der Waals surface area contributed by atoms with Crippen LogP contribution in [0.25, 0.3) is 0 Å². The number of rotatable bonds is 3. The zero-order valence-electron chi connectivity index (χ0n) is 11.1. The van der Waals surface area contributed by atoms with Crippen LogP contribution in [0.3, 0.4) is 0 Å². The van der Waals surface area contributed by atoms with Crippen molar-refractivity contribution in [2.45, 2.75) is 32.3 Å². The lowest BCUT2D eigenvalue weighted by Gasteiger charge is -2.34. The Morgan fingerprint density at radius 2 is 1.83 bits per heavy atom. The van der Waals surface area contributed by atoms with Crippen molar-refractivity contribution in [1.29, 1.82) is 0 Å². The highest BCUT2D eigenvalue weighted by Crippen LogP contribution is 2.38. The van der Waals surface area contributed by atoms with Crippen LogP contribution in [0.1, 0.15) is 25.0 Å². The highest BCUT2D eigenvalue weighted by Gasteiger charge is 2.49. The van der Waals surface area contributed by atoms with Crippen molar-refractivity contribution in [1.82, 2.24) is 0 Å². The largest absolute Gasteiger partial charge is 0.467 e. The van der Waals surface area contributed by atoms with Gasteiger partial charge in [-0.25, -0.2) is 4.79 Å². The van der Waals surface area contributed by atoms with Crippen molar-refractivity contribution >= 4 is 5.97 Å². The van der Waals surface area contributed by atoms with Crippen LogP contribution in [0, 0.1) is 11.8 Å². The maximum Gasteiger partial charge on any atom is 0.338 e. The molecule has 1 aliphatic carbocycles. The van der Waals surface area contributed by atoms with Gasteiger partial charge in [0.1, 0.15) is 0 Å². The summed E-state index contributed by atoms with van der Waals surface area (Å²) in [4.78, 5) is 11.9. The van der Waals surface area contributed by atoms with Gasteiger partial charge in [-0.1, -0.05) is 38.1 Å². The molecule has 98 valence electrons. The Kier molecular flexibility index (Phi) is 3.44. The van der Waals surface area contributed by atoms with Crippen LogP contribution in [0.2, 0.25) is 0 Å². The zero-order valence-corrected chi connectivity index (χ0v) is 11.1. The number of hydrogen-bond donors (Lipinski definition) is 1. The first kappa shape index (κ1) is 13.1. The first-order valence-electron chi connectivity index (χ1n) is 6.37. The van der Waals surface area contributed by atoms with Crippen LogP contribution in [0.15, 0.2) is 24.3 Å². The molecule has 1 N–H and O–H groups in total. The van der Waals surface area contributed by atoms with E-state index >= 15 is 0 Å². The second-order valence-corrected chi connectivity index (χ2v) is 5.35. The van der Waals surface area contributed by atoms with E-state index in [-0.39, 0.29) is 11.8 Å². The third-order valence-corrected chi connectivity index (χ3v) is 4.07. The average Bonchev–Trinajstić information content (AvgIpc) is 2.80. The topological polar surface area (TPSA) is 46.5 Å². The molecular weight excluding hydrogens is 228 g/mol. The summed E-state index contributed by atoms with van der Waals surface area (Å²) >= 11 is 0. The Bertz CT molecular complexity index is 428. The van der Waals surface area contributed by atoms with Crippen LogP contribution < -0.4 is 0 Å². The number of carbonyl (C=O) groups excluding carboxylic acids is 1. The fraction of sp³-hybridized carbons (Fsp3) is 0.533. The van der Waals surface area contributed by atoms with Gasteiger partial charge in [0, 0.05) is 5.92 Å². The first-order valence-corrected chi connectivity index (χ1v) is 6.37. The van der Waals surface area contributed by atoms with Crippen LogP contribution in [0.4, 0.5) is 0 Å². The lowest BCUT2D eigenvalue weighted by Crippen LogP contribution is -2.51. The minimum atomic E-state index is -1.40. The molecular formula is C15H20O3. The smallest absolute Gasteiger partial charge is 0.338 e. The maximum absolute atomic E-state index is 11.9. The van der Waals surface area contributed by atoms with Gasteiger partial charge in [0.15, 0.2) is 5.60 Å². The molecule has 0 spiro atoms. The molecule has 1 unspecified atom stereocenters. The summed E-state index contributed by atoms with van der Waals surface area (Å²) in [5, 5.41) is 10.8. The highest BCUT2D eigenvalue weighted by molar-refractivity contribution is 5.80. The molecule has 1 aromatic carbocycles. The van der Waals surface area contributed by atoms with Crippen molar-refractivity contribution in [3.05, 3.63) is 35.4 Å². The minimum Gasteiger partial charge on any atom is -0.467 e. The fourth-order valence-corrected chi connectivity index (χ4v) is 2.91. The number of benzene rings is 1. The fourth-order valence-electron chi connectivity index (χ4n) is 2.91. The molecule has 0 bridgehead atoms. The molecule has 0 heterocycles. The van der Waals surface area contributed by atoms with Crippen LogP contribution in [-0.2, 0) is 22.4 Å². The number of aliphatic hydroxyl groups is 1. The highest BCUT2D eigenvalue weighted by atomic mass is 16.5. The molecule has 0 aromatic heterocycles. The van der Waals surface area contributed by atoms with Crippen molar-refractivity contribution in [3.63, 3.8) is 0 Å². The van der Waals surface area contributed by atoms with Crippen molar-refractivity contribution < 1.29 is 14.6 Å². The second kappa shape index (κ2) is 4.73. The summed E-state index contributed by atoms with van der Waals surface area (Å²) in [6.07, 6.45) is 1.47. The molecule has 1 atom stereocenters. The molecule has 1 aromatic rings. The SMILES string of the molecule is COC(=O)C(O)(C(C)C)C1Cc2ccccc2C1. The summed E-state index contributed by atoms with van der Waals surface area (Å²) in [5.41, 5.74) is 1.06. The van der Waals surface area contributed by atoms with Gasteiger partial charge in [0.05, 0.1) is 7.11 Å². The van der Waals surface area contributed by atoms with E-state index in [4.69, 9.17) is 4.74 Å². The van der Waals surface area contributed by atoms with Gasteiger partial charge in [0.2, 0.25) is 0 Å². The predicted octanol–water partition coefficient (Wildman–Crippen LogP) is 1.96. The number of fused-ring (bicyclic) bond motifs is 1. The Morgan fingerprint density at radius 1 is 1.33 bits per heavy atom. The zero-order chi connectivity index (χ0) is 13.3. The molecule has 0 saturated carbocycles.